The van der Waals surface area contributed by atoms with Gasteiger partial charge in [-0.05, 0) is 19.3 Å². The predicted octanol–water partition coefficient (Wildman–Crippen LogP) is 1.80. The summed E-state index contributed by atoms with van der Waals surface area (Å²) in [5.41, 5.74) is 5.30. The van der Waals surface area contributed by atoms with Crippen molar-refractivity contribution in [2.45, 2.75) is 37.9 Å². The zero-order valence-electron chi connectivity index (χ0n) is 10.3. The first kappa shape index (κ1) is 13.1. The van der Waals surface area contributed by atoms with Crippen molar-refractivity contribution < 1.29 is 4.79 Å². The normalized spacial score (nSPS) is 27.4. The summed E-state index contributed by atoms with van der Waals surface area (Å²) in [5, 5.41) is 0.580. The number of nitrogens with zero attached hydrogens (tertiary/aromatic N) is 1. The highest BCUT2D eigenvalue weighted by molar-refractivity contribution is 8.00. The van der Waals surface area contributed by atoms with Crippen LogP contribution in [0.5, 0.6) is 0 Å². The average molecular weight is 272 g/mol. The number of thioether (sulfide) groups is 1. The standard InChI is InChI=1S/C12H20N2OS2/c1-2-9-8-14(6-7-17-9)11(15)12(10(13)16)4-3-5-12/h9H,2-8H2,1H3,(H2,13,16). The third-order valence-electron chi connectivity index (χ3n) is 3.97. The Morgan fingerprint density at radius 1 is 1.59 bits per heavy atom. The lowest BCUT2D eigenvalue weighted by atomic mass is 9.67. The Hall–Kier alpha value is -0.290. The zero-order chi connectivity index (χ0) is 12.5. The van der Waals surface area contributed by atoms with Crippen LogP contribution >= 0.6 is 24.0 Å². The van der Waals surface area contributed by atoms with Gasteiger partial charge in [0.2, 0.25) is 5.91 Å². The summed E-state index contributed by atoms with van der Waals surface area (Å²) >= 11 is 7.08. The maximum Gasteiger partial charge on any atom is 0.235 e. The Balaban J connectivity index is 2.06. The van der Waals surface area contributed by atoms with Crippen LogP contribution in [0.2, 0.25) is 0 Å². The molecule has 1 saturated carbocycles. The van der Waals surface area contributed by atoms with Crippen molar-refractivity contribution in [1.29, 1.82) is 0 Å². The van der Waals surface area contributed by atoms with E-state index < -0.39 is 5.41 Å². The largest absolute Gasteiger partial charge is 0.392 e. The molecule has 0 aromatic carbocycles. The lowest BCUT2D eigenvalue weighted by molar-refractivity contribution is -0.141. The second-order valence-electron chi connectivity index (χ2n) is 4.95. The van der Waals surface area contributed by atoms with Gasteiger partial charge >= 0.3 is 0 Å². The number of carbonyl (C=O) groups is 1. The van der Waals surface area contributed by atoms with Gasteiger partial charge in [-0.2, -0.15) is 11.8 Å². The number of rotatable bonds is 3. The van der Waals surface area contributed by atoms with Gasteiger partial charge in [-0.25, -0.2) is 0 Å². The highest BCUT2D eigenvalue weighted by Gasteiger charge is 2.49. The highest BCUT2D eigenvalue weighted by Crippen LogP contribution is 2.43. The molecule has 3 nitrogen and oxygen atoms in total. The van der Waals surface area contributed by atoms with Gasteiger partial charge in [0.15, 0.2) is 0 Å². The van der Waals surface area contributed by atoms with Crippen molar-refractivity contribution >= 4 is 34.9 Å². The van der Waals surface area contributed by atoms with E-state index in [1.165, 1.54) is 0 Å². The number of thiocarbonyl (C=S) groups is 1. The fourth-order valence-corrected chi connectivity index (χ4v) is 4.02. The van der Waals surface area contributed by atoms with E-state index in [4.69, 9.17) is 18.0 Å². The molecule has 2 rings (SSSR count). The summed E-state index contributed by atoms with van der Waals surface area (Å²) in [5.74, 6) is 1.23. The fourth-order valence-electron chi connectivity index (χ4n) is 2.55. The van der Waals surface area contributed by atoms with Gasteiger partial charge in [0, 0.05) is 24.1 Å². The molecule has 0 aromatic rings. The van der Waals surface area contributed by atoms with E-state index in [2.05, 4.69) is 6.92 Å². The first-order valence-electron chi connectivity index (χ1n) is 6.31. The molecule has 2 fully saturated rings. The van der Waals surface area contributed by atoms with E-state index in [1.54, 1.807) is 0 Å². The minimum absolute atomic E-state index is 0.190. The SMILES string of the molecule is CCC1CN(C(=O)C2(C(N)=S)CCC2)CCS1. The highest BCUT2D eigenvalue weighted by atomic mass is 32.2. The lowest BCUT2D eigenvalue weighted by Gasteiger charge is -2.44. The molecular weight excluding hydrogens is 252 g/mol. The number of carbonyl (C=O) groups excluding carboxylic acids is 1. The lowest BCUT2D eigenvalue weighted by Crippen LogP contribution is -2.56. The van der Waals surface area contributed by atoms with Crippen LogP contribution in [0.4, 0.5) is 0 Å². The molecule has 0 bridgehead atoms. The van der Waals surface area contributed by atoms with E-state index >= 15 is 0 Å². The molecule has 1 aliphatic heterocycles. The topological polar surface area (TPSA) is 46.3 Å². The third-order valence-corrected chi connectivity index (χ3v) is 5.73. The number of nitrogens with two attached hydrogens (primary N) is 1. The van der Waals surface area contributed by atoms with Crippen LogP contribution in [0.1, 0.15) is 32.6 Å². The smallest absolute Gasteiger partial charge is 0.235 e. The molecule has 1 amide bonds. The van der Waals surface area contributed by atoms with Crippen molar-refractivity contribution in [2.75, 3.05) is 18.8 Å². The van der Waals surface area contributed by atoms with Gasteiger partial charge in [0.1, 0.15) is 0 Å². The zero-order valence-corrected chi connectivity index (χ0v) is 11.9. The van der Waals surface area contributed by atoms with Crippen LogP contribution in [0.25, 0.3) is 0 Å². The van der Waals surface area contributed by atoms with Crippen LogP contribution in [0.15, 0.2) is 0 Å². The molecule has 2 N–H and O–H groups in total. The van der Waals surface area contributed by atoms with E-state index in [9.17, 15) is 4.79 Å². The molecule has 5 heteroatoms. The number of hydrogen-bond acceptors (Lipinski definition) is 3. The minimum Gasteiger partial charge on any atom is -0.392 e. The van der Waals surface area contributed by atoms with Crippen LogP contribution in [0.3, 0.4) is 0 Å². The molecule has 17 heavy (non-hydrogen) atoms. The Bertz CT molecular complexity index is 328. The van der Waals surface area contributed by atoms with Gasteiger partial charge in [0.25, 0.3) is 0 Å². The van der Waals surface area contributed by atoms with Crippen molar-refractivity contribution in [3.63, 3.8) is 0 Å². The maximum atomic E-state index is 12.6. The van der Waals surface area contributed by atoms with Crippen molar-refractivity contribution in [3.05, 3.63) is 0 Å². The van der Waals surface area contributed by atoms with Crippen LogP contribution in [0, 0.1) is 5.41 Å². The quantitative estimate of drug-likeness (QED) is 0.796. The Labute approximate surface area is 112 Å². The summed E-state index contributed by atoms with van der Waals surface area (Å²) in [7, 11) is 0. The molecule has 1 atom stereocenters. The van der Waals surface area contributed by atoms with Crippen molar-refractivity contribution in [2.24, 2.45) is 11.1 Å². The van der Waals surface area contributed by atoms with E-state index in [-0.39, 0.29) is 5.91 Å². The first-order valence-corrected chi connectivity index (χ1v) is 7.77. The molecule has 1 unspecified atom stereocenters. The average Bonchev–Trinajstić information content (AvgIpc) is 2.27. The summed E-state index contributed by atoms with van der Waals surface area (Å²) in [6.45, 7) is 3.90. The van der Waals surface area contributed by atoms with Crippen LogP contribution in [-0.2, 0) is 4.79 Å². The van der Waals surface area contributed by atoms with Gasteiger partial charge in [-0.1, -0.05) is 25.6 Å². The summed E-state index contributed by atoms with van der Waals surface area (Å²) in [6.07, 6.45) is 3.89. The molecule has 0 spiro atoms. The maximum absolute atomic E-state index is 12.6. The minimum atomic E-state index is -0.490. The molecule has 0 aromatic heterocycles. The fraction of sp³-hybridized carbons (Fsp3) is 0.833. The summed E-state index contributed by atoms with van der Waals surface area (Å²) in [6, 6.07) is 0. The molecule has 96 valence electrons. The molecular formula is C12H20N2OS2. The molecule has 0 radical (unpaired) electrons. The monoisotopic (exact) mass is 272 g/mol. The van der Waals surface area contributed by atoms with E-state index in [0.717, 1.165) is 44.5 Å². The van der Waals surface area contributed by atoms with Crippen molar-refractivity contribution in [1.82, 2.24) is 4.90 Å². The van der Waals surface area contributed by atoms with E-state index in [0.29, 0.717) is 10.2 Å². The van der Waals surface area contributed by atoms with Gasteiger partial charge in [-0.3, -0.25) is 4.79 Å². The first-order chi connectivity index (χ1) is 8.10. The molecule has 2 aliphatic rings. The van der Waals surface area contributed by atoms with Crippen LogP contribution in [-0.4, -0.2) is 39.9 Å². The van der Waals surface area contributed by atoms with Gasteiger partial charge < -0.3 is 10.6 Å². The second kappa shape index (κ2) is 5.14. The third kappa shape index (κ3) is 2.32. The summed E-state index contributed by atoms with van der Waals surface area (Å²) in [4.78, 5) is 14.9. The second-order valence-corrected chi connectivity index (χ2v) is 6.80. The molecule has 1 saturated heterocycles. The van der Waals surface area contributed by atoms with Crippen LogP contribution < -0.4 is 5.73 Å². The molecule has 1 heterocycles. The Morgan fingerprint density at radius 3 is 2.76 bits per heavy atom. The van der Waals surface area contributed by atoms with Gasteiger partial charge in [0.05, 0.1) is 10.4 Å². The van der Waals surface area contributed by atoms with E-state index in [1.807, 2.05) is 16.7 Å². The number of amides is 1. The summed E-state index contributed by atoms with van der Waals surface area (Å²) < 4.78 is 0. The Morgan fingerprint density at radius 2 is 2.29 bits per heavy atom. The predicted molar refractivity (Wildman–Crippen MR) is 76.2 cm³/mol. The van der Waals surface area contributed by atoms with Crippen molar-refractivity contribution in [3.8, 4) is 0 Å². The Kier molecular flexibility index (Phi) is 3.98. The molecule has 1 aliphatic carbocycles. The number of hydrogen-bond donors (Lipinski definition) is 1. The van der Waals surface area contributed by atoms with Gasteiger partial charge in [-0.15, -0.1) is 0 Å².